The topological polar surface area (TPSA) is 58.0 Å². The number of para-hydroxylation sites is 1. The Morgan fingerprint density at radius 2 is 1.93 bits per heavy atom. The summed E-state index contributed by atoms with van der Waals surface area (Å²) in [7, 11) is 0. The molecule has 0 radical (unpaired) electrons. The van der Waals surface area contributed by atoms with Gasteiger partial charge in [0.25, 0.3) is 0 Å². The van der Waals surface area contributed by atoms with Gasteiger partial charge in [-0.05, 0) is 42.5 Å². The van der Waals surface area contributed by atoms with Crippen molar-refractivity contribution in [2.45, 2.75) is 18.7 Å². The average molecular weight is 378 g/mol. The van der Waals surface area contributed by atoms with Crippen LogP contribution in [0.25, 0.3) is 0 Å². The zero-order chi connectivity index (χ0) is 18.4. The largest absolute Gasteiger partial charge is 0.507 e. The number of hydrogen-bond donors (Lipinski definition) is 1. The second-order valence-electron chi connectivity index (χ2n) is 6.57. The van der Waals surface area contributed by atoms with Gasteiger partial charge in [0.2, 0.25) is 6.23 Å². The summed E-state index contributed by atoms with van der Waals surface area (Å²) in [6.45, 7) is 0. The molecule has 134 valence electrons. The molecule has 3 aromatic rings. The summed E-state index contributed by atoms with van der Waals surface area (Å²) in [4.78, 5) is 4.46. The van der Waals surface area contributed by atoms with Gasteiger partial charge in [0.1, 0.15) is 17.2 Å². The molecule has 0 saturated heterocycles. The van der Waals surface area contributed by atoms with Gasteiger partial charge >= 0.3 is 0 Å². The van der Waals surface area contributed by atoms with Gasteiger partial charge in [-0.3, -0.25) is 4.98 Å². The lowest BCUT2D eigenvalue weighted by molar-refractivity contribution is -0.0218. The molecule has 27 heavy (non-hydrogen) atoms. The second kappa shape index (κ2) is 6.28. The first-order chi connectivity index (χ1) is 13.2. The number of ether oxygens (including phenoxy) is 1. The maximum absolute atomic E-state index is 10.3. The van der Waals surface area contributed by atoms with Gasteiger partial charge in [-0.2, -0.15) is 5.10 Å². The van der Waals surface area contributed by atoms with Crippen molar-refractivity contribution in [3.05, 3.63) is 88.7 Å². The van der Waals surface area contributed by atoms with E-state index in [2.05, 4.69) is 4.98 Å². The molecule has 2 aliphatic rings. The fourth-order valence-electron chi connectivity index (χ4n) is 3.66. The molecular weight excluding hydrogens is 362 g/mol. The number of hydrazone groups is 1. The Bertz CT molecular complexity index is 1040. The van der Waals surface area contributed by atoms with E-state index in [-0.39, 0.29) is 11.8 Å². The molecule has 0 amide bonds. The Morgan fingerprint density at radius 3 is 2.74 bits per heavy atom. The number of aromatic hydroxyl groups is 1. The third kappa shape index (κ3) is 2.71. The number of fused-ring (bicyclic) bond motifs is 3. The van der Waals surface area contributed by atoms with Crippen LogP contribution in [0.4, 0.5) is 0 Å². The highest BCUT2D eigenvalue weighted by atomic mass is 35.5. The van der Waals surface area contributed by atoms with Gasteiger partial charge in [0.05, 0.1) is 11.8 Å². The van der Waals surface area contributed by atoms with Crippen molar-refractivity contribution in [2.75, 3.05) is 0 Å². The maximum Gasteiger partial charge on any atom is 0.230 e. The molecule has 0 unspecified atom stereocenters. The van der Waals surface area contributed by atoms with Crippen molar-refractivity contribution < 1.29 is 9.84 Å². The fourth-order valence-corrected chi connectivity index (χ4v) is 3.84. The quantitative estimate of drug-likeness (QED) is 0.704. The van der Waals surface area contributed by atoms with Crippen molar-refractivity contribution in [3.8, 4) is 11.5 Å². The summed E-state index contributed by atoms with van der Waals surface area (Å²) in [5, 5.41) is 17.6. The molecule has 0 spiro atoms. The van der Waals surface area contributed by atoms with E-state index in [9.17, 15) is 5.11 Å². The average Bonchev–Trinajstić information content (AvgIpc) is 3.14. The van der Waals surface area contributed by atoms with Crippen LogP contribution < -0.4 is 4.74 Å². The Balaban J connectivity index is 1.63. The first-order valence-corrected chi connectivity index (χ1v) is 9.10. The lowest BCUT2D eigenvalue weighted by atomic mass is 9.96. The maximum atomic E-state index is 10.3. The number of pyridine rings is 1. The van der Waals surface area contributed by atoms with Crippen LogP contribution in [-0.2, 0) is 0 Å². The number of benzene rings is 2. The molecule has 5 rings (SSSR count). The predicted octanol–water partition coefficient (Wildman–Crippen LogP) is 4.68. The van der Waals surface area contributed by atoms with Gasteiger partial charge < -0.3 is 9.84 Å². The molecular formula is C21H16ClN3O2. The summed E-state index contributed by atoms with van der Waals surface area (Å²) >= 11 is 6.24. The Kier molecular flexibility index (Phi) is 3.76. The first kappa shape index (κ1) is 16.1. The lowest BCUT2D eigenvalue weighted by Crippen LogP contribution is -2.34. The molecule has 0 bridgehead atoms. The van der Waals surface area contributed by atoms with Crippen molar-refractivity contribution >= 4 is 17.3 Å². The Hall–Kier alpha value is -3.05. The summed E-state index contributed by atoms with van der Waals surface area (Å²) in [6.07, 6.45) is 1.96. The summed E-state index contributed by atoms with van der Waals surface area (Å²) < 4.78 is 6.24. The van der Waals surface area contributed by atoms with E-state index in [1.54, 1.807) is 18.3 Å². The van der Waals surface area contributed by atoms with Crippen molar-refractivity contribution in [3.63, 3.8) is 0 Å². The smallest absolute Gasteiger partial charge is 0.230 e. The van der Waals surface area contributed by atoms with Gasteiger partial charge in [0, 0.05) is 28.8 Å². The first-order valence-electron chi connectivity index (χ1n) is 8.72. The molecule has 2 aromatic carbocycles. The van der Waals surface area contributed by atoms with E-state index in [0.29, 0.717) is 11.4 Å². The Labute approximate surface area is 161 Å². The van der Waals surface area contributed by atoms with Crippen LogP contribution in [0.2, 0.25) is 5.02 Å². The molecule has 1 N–H and O–H groups in total. The van der Waals surface area contributed by atoms with Gasteiger partial charge in [-0.15, -0.1) is 0 Å². The van der Waals surface area contributed by atoms with E-state index < -0.39 is 6.23 Å². The van der Waals surface area contributed by atoms with Crippen LogP contribution in [-0.4, -0.2) is 20.8 Å². The highest BCUT2D eigenvalue weighted by Gasteiger charge is 2.41. The van der Waals surface area contributed by atoms with Crippen LogP contribution in [0.15, 0.2) is 72.0 Å². The molecule has 2 atom stereocenters. The van der Waals surface area contributed by atoms with Crippen molar-refractivity contribution in [1.29, 1.82) is 0 Å². The number of phenols is 1. The monoisotopic (exact) mass is 377 g/mol. The zero-order valence-electron chi connectivity index (χ0n) is 14.3. The molecule has 3 heterocycles. The van der Waals surface area contributed by atoms with Crippen LogP contribution >= 0.6 is 11.6 Å². The summed E-state index contributed by atoms with van der Waals surface area (Å²) in [5.41, 5.74) is 3.32. The van der Waals surface area contributed by atoms with E-state index >= 15 is 0 Å². The Morgan fingerprint density at radius 1 is 1.07 bits per heavy atom. The molecule has 0 aliphatic carbocycles. The minimum Gasteiger partial charge on any atom is -0.507 e. The van der Waals surface area contributed by atoms with Gasteiger partial charge in [-0.1, -0.05) is 29.8 Å². The number of rotatable bonds is 2. The van der Waals surface area contributed by atoms with Crippen molar-refractivity contribution in [2.24, 2.45) is 5.10 Å². The minimum atomic E-state index is -0.437. The van der Waals surface area contributed by atoms with Crippen LogP contribution in [0.3, 0.4) is 0 Å². The lowest BCUT2D eigenvalue weighted by Gasteiger charge is -2.37. The molecule has 0 saturated carbocycles. The van der Waals surface area contributed by atoms with E-state index in [0.717, 1.165) is 28.3 Å². The summed E-state index contributed by atoms with van der Waals surface area (Å²) in [5.74, 6) is 1.00. The SMILES string of the molecule is Oc1ccccc1C1=NN2[C@H](C1)c1cc(Cl)ccc1O[C@@H]2c1ccccn1. The van der Waals surface area contributed by atoms with Crippen LogP contribution in [0.5, 0.6) is 11.5 Å². The van der Waals surface area contributed by atoms with E-state index in [1.807, 2.05) is 53.5 Å². The molecule has 6 heteroatoms. The predicted molar refractivity (Wildman–Crippen MR) is 103 cm³/mol. The van der Waals surface area contributed by atoms with Crippen molar-refractivity contribution in [1.82, 2.24) is 9.99 Å². The highest BCUT2D eigenvalue weighted by molar-refractivity contribution is 6.30. The number of nitrogens with zero attached hydrogens (tertiary/aromatic N) is 3. The summed E-state index contributed by atoms with van der Waals surface area (Å²) in [6, 6.07) is 18.6. The number of phenolic OH excluding ortho intramolecular Hbond substituents is 1. The standard InChI is InChI=1S/C21H16ClN3O2/c22-13-8-9-20-15(11-13)18-12-17(14-5-1-2-7-19(14)26)24-25(18)21(27-20)16-6-3-4-10-23-16/h1-11,18,21,26H,12H2/t18-,21-/m1/s1. The highest BCUT2D eigenvalue weighted by Crippen LogP contribution is 2.48. The molecule has 1 aromatic heterocycles. The fraction of sp³-hybridized carbons (Fsp3) is 0.143. The van der Waals surface area contributed by atoms with Gasteiger partial charge in [0.15, 0.2) is 0 Å². The van der Waals surface area contributed by atoms with E-state index in [1.165, 1.54) is 0 Å². The third-order valence-electron chi connectivity index (χ3n) is 4.91. The minimum absolute atomic E-state index is 0.0333. The molecule has 5 nitrogen and oxygen atoms in total. The number of aromatic nitrogens is 1. The second-order valence-corrected chi connectivity index (χ2v) is 7.01. The zero-order valence-corrected chi connectivity index (χ0v) is 15.0. The van der Waals surface area contributed by atoms with E-state index in [4.69, 9.17) is 21.4 Å². The van der Waals surface area contributed by atoms with Gasteiger partial charge in [-0.25, -0.2) is 5.01 Å². The van der Waals surface area contributed by atoms with Crippen LogP contribution in [0, 0.1) is 0 Å². The molecule has 2 aliphatic heterocycles. The third-order valence-corrected chi connectivity index (χ3v) is 5.14. The normalized spacial score (nSPS) is 20.5. The number of hydrogen-bond acceptors (Lipinski definition) is 5. The molecule has 0 fully saturated rings. The van der Waals surface area contributed by atoms with Crippen LogP contribution in [0.1, 0.15) is 35.5 Å². The number of halogens is 1.